The number of aliphatic hydroxyl groups excluding tert-OH is 1. The molecule has 1 fully saturated rings. The molecule has 1 aliphatic carbocycles. The number of nitrogens with one attached hydrogen (secondary N) is 2. The summed E-state index contributed by atoms with van der Waals surface area (Å²) < 4.78 is 0. The summed E-state index contributed by atoms with van der Waals surface area (Å²) in [6, 6.07) is -0.263. The average Bonchev–Trinajstić information content (AvgIpc) is 2.84. The van der Waals surface area contributed by atoms with Gasteiger partial charge < -0.3 is 15.7 Å². The number of allylic oxidation sites excluding steroid dienone is 1. The van der Waals surface area contributed by atoms with E-state index in [0.717, 1.165) is 0 Å². The minimum atomic E-state index is -0.263. The van der Waals surface area contributed by atoms with Crippen molar-refractivity contribution < 1.29 is 9.90 Å². The first kappa shape index (κ1) is 9.06. The van der Waals surface area contributed by atoms with Crippen LogP contribution in [0.4, 0.5) is 4.79 Å². The van der Waals surface area contributed by atoms with E-state index in [0.29, 0.717) is 12.5 Å². The van der Waals surface area contributed by atoms with Crippen LogP contribution in [0.15, 0.2) is 12.3 Å². The van der Waals surface area contributed by atoms with Crippen LogP contribution >= 0.6 is 0 Å². The van der Waals surface area contributed by atoms with Gasteiger partial charge in [0.1, 0.15) is 0 Å². The van der Waals surface area contributed by atoms with Gasteiger partial charge in [-0.3, -0.25) is 0 Å². The lowest BCUT2D eigenvalue weighted by molar-refractivity contribution is 0.237. The molecule has 68 valence electrons. The highest BCUT2D eigenvalue weighted by Crippen LogP contribution is 2.29. The number of amides is 2. The van der Waals surface area contributed by atoms with Crippen molar-refractivity contribution in [1.29, 1.82) is 0 Å². The van der Waals surface area contributed by atoms with Crippen molar-refractivity contribution in [2.75, 3.05) is 13.2 Å². The lowest BCUT2D eigenvalue weighted by atomic mass is 10.4. The highest BCUT2D eigenvalue weighted by atomic mass is 16.3. The maximum Gasteiger partial charge on any atom is 0.318 e. The Bertz CT molecular complexity index is 176. The van der Waals surface area contributed by atoms with Gasteiger partial charge in [-0.15, -0.1) is 0 Å². The Morgan fingerprint density at radius 3 is 2.92 bits per heavy atom. The normalized spacial score (nSPS) is 16.4. The van der Waals surface area contributed by atoms with Gasteiger partial charge in [-0.05, 0) is 18.8 Å². The third-order valence-electron chi connectivity index (χ3n) is 1.60. The van der Waals surface area contributed by atoms with E-state index in [-0.39, 0.29) is 12.6 Å². The molecule has 1 aliphatic rings. The topological polar surface area (TPSA) is 61.4 Å². The van der Waals surface area contributed by atoms with E-state index >= 15 is 0 Å². The molecule has 4 heteroatoms. The predicted octanol–water partition coefficient (Wildman–Crippen LogP) is 0.202. The lowest BCUT2D eigenvalue weighted by Gasteiger charge is -2.00. The highest BCUT2D eigenvalue weighted by molar-refractivity contribution is 5.74. The average molecular weight is 170 g/mol. The van der Waals surface area contributed by atoms with Crippen molar-refractivity contribution in [3.63, 3.8) is 0 Å². The fourth-order valence-corrected chi connectivity index (χ4v) is 0.769. The van der Waals surface area contributed by atoms with Crippen LogP contribution in [0.1, 0.15) is 12.8 Å². The molecule has 0 saturated heterocycles. The Morgan fingerprint density at radius 1 is 1.58 bits per heavy atom. The van der Waals surface area contributed by atoms with Gasteiger partial charge in [0.15, 0.2) is 0 Å². The quantitative estimate of drug-likeness (QED) is 0.564. The largest absolute Gasteiger partial charge is 0.395 e. The van der Waals surface area contributed by atoms with Crippen molar-refractivity contribution in [3.8, 4) is 0 Å². The first-order chi connectivity index (χ1) is 5.83. The molecule has 0 aromatic carbocycles. The van der Waals surface area contributed by atoms with Gasteiger partial charge in [0.05, 0.1) is 6.61 Å². The van der Waals surface area contributed by atoms with E-state index in [1.165, 1.54) is 12.8 Å². The molecule has 0 atom stereocenters. The zero-order valence-electron chi connectivity index (χ0n) is 6.92. The van der Waals surface area contributed by atoms with Crippen LogP contribution in [0.3, 0.4) is 0 Å². The summed E-state index contributed by atoms with van der Waals surface area (Å²) in [5.41, 5.74) is 0. The second-order valence-corrected chi connectivity index (χ2v) is 2.82. The minimum absolute atomic E-state index is 0.0280. The fourth-order valence-electron chi connectivity index (χ4n) is 0.769. The smallest absolute Gasteiger partial charge is 0.318 e. The van der Waals surface area contributed by atoms with Crippen molar-refractivity contribution >= 4 is 6.03 Å². The SMILES string of the molecule is O=C(N/C=C/C1CC1)NCCO. The zero-order valence-corrected chi connectivity index (χ0v) is 6.92. The second-order valence-electron chi connectivity index (χ2n) is 2.82. The number of carbonyl (C=O) groups excluding carboxylic acids is 1. The van der Waals surface area contributed by atoms with Crippen molar-refractivity contribution in [2.45, 2.75) is 12.8 Å². The van der Waals surface area contributed by atoms with E-state index < -0.39 is 0 Å². The van der Waals surface area contributed by atoms with Gasteiger partial charge >= 0.3 is 6.03 Å². The number of carbonyl (C=O) groups is 1. The summed E-state index contributed by atoms with van der Waals surface area (Å²) >= 11 is 0. The van der Waals surface area contributed by atoms with E-state index in [2.05, 4.69) is 10.6 Å². The van der Waals surface area contributed by atoms with Crippen molar-refractivity contribution in [2.24, 2.45) is 5.92 Å². The highest BCUT2D eigenvalue weighted by Gasteiger charge is 2.16. The van der Waals surface area contributed by atoms with Crippen LogP contribution in [0, 0.1) is 5.92 Å². The molecule has 0 aromatic heterocycles. The molecule has 0 radical (unpaired) electrons. The number of hydrogen-bond acceptors (Lipinski definition) is 2. The van der Waals surface area contributed by atoms with Gasteiger partial charge in [0.25, 0.3) is 0 Å². The molecule has 1 rings (SSSR count). The maximum absolute atomic E-state index is 10.8. The Labute approximate surface area is 71.7 Å². The Kier molecular flexibility index (Phi) is 3.60. The summed E-state index contributed by atoms with van der Waals surface area (Å²) in [5.74, 6) is 0.670. The second kappa shape index (κ2) is 4.77. The van der Waals surface area contributed by atoms with E-state index in [1.807, 2.05) is 6.08 Å². The van der Waals surface area contributed by atoms with Crippen LogP contribution in [-0.2, 0) is 0 Å². The molecular formula is C8H14N2O2. The summed E-state index contributed by atoms with van der Waals surface area (Å²) in [6.45, 7) is 0.267. The van der Waals surface area contributed by atoms with Crippen LogP contribution in [0.5, 0.6) is 0 Å². The van der Waals surface area contributed by atoms with Crippen LogP contribution in [0.2, 0.25) is 0 Å². The van der Waals surface area contributed by atoms with Crippen LogP contribution in [-0.4, -0.2) is 24.3 Å². The standard InChI is InChI=1S/C8H14N2O2/c11-6-5-10-8(12)9-4-3-7-1-2-7/h3-4,7,11H,1-2,5-6H2,(H2,9,10,12)/b4-3+. The Balaban J connectivity index is 2.00. The third-order valence-corrected chi connectivity index (χ3v) is 1.60. The molecule has 2 amide bonds. The first-order valence-electron chi connectivity index (χ1n) is 4.15. The molecule has 0 bridgehead atoms. The number of rotatable bonds is 4. The van der Waals surface area contributed by atoms with Gasteiger partial charge in [-0.25, -0.2) is 4.79 Å². The molecular weight excluding hydrogens is 156 g/mol. The number of urea groups is 1. The minimum Gasteiger partial charge on any atom is -0.395 e. The number of hydrogen-bond donors (Lipinski definition) is 3. The first-order valence-corrected chi connectivity index (χ1v) is 4.15. The van der Waals surface area contributed by atoms with Gasteiger partial charge in [-0.2, -0.15) is 0 Å². The van der Waals surface area contributed by atoms with Gasteiger partial charge in [0.2, 0.25) is 0 Å². The zero-order chi connectivity index (χ0) is 8.81. The van der Waals surface area contributed by atoms with E-state index in [1.54, 1.807) is 6.20 Å². The summed E-state index contributed by atoms with van der Waals surface area (Å²) in [7, 11) is 0. The maximum atomic E-state index is 10.8. The van der Waals surface area contributed by atoms with E-state index in [9.17, 15) is 4.79 Å². The van der Waals surface area contributed by atoms with Crippen LogP contribution < -0.4 is 10.6 Å². The third kappa shape index (κ3) is 3.98. The molecule has 12 heavy (non-hydrogen) atoms. The summed E-state index contributed by atoms with van der Waals surface area (Å²) in [5, 5.41) is 13.4. The molecule has 0 aliphatic heterocycles. The Hall–Kier alpha value is -1.03. The summed E-state index contributed by atoms with van der Waals surface area (Å²) in [4.78, 5) is 10.8. The number of aliphatic hydroxyl groups is 1. The fraction of sp³-hybridized carbons (Fsp3) is 0.625. The molecule has 3 N–H and O–H groups in total. The molecule has 0 unspecified atom stereocenters. The predicted molar refractivity (Wildman–Crippen MR) is 45.5 cm³/mol. The molecule has 1 saturated carbocycles. The van der Waals surface area contributed by atoms with Gasteiger partial charge in [-0.1, -0.05) is 6.08 Å². The molecule has 0 spiro atoms. The van der Waals surface area contributed by atoms with E-state index in [4.69, 9.17) is 5.11 Å². The van der Waals surface area contributed by atoms with Crippen LogP contribution in [0.25, 0.3) is 0 Å². The molecule has 0 heterocycles. The monoisotopic (exact) mass is 170 g/mol. The Morgan fingerprint density at radius 2 is 2.33 bits per heavy atom. The van der Waals surface area contributed by atoms with Crippen molar-refractivity contribution in [1.82, 2.24) is 10.6 Å². The lowest BCUT2D eigenvalue weighted by Crippen LogP contribution is -2.33. The molecule has 0 aromatic rings. The van der Waals surface area contributed by atoms with Gasteiger partial charge in [0, 0.05) is 12.7 Å². The molecule has 4 nitrogen and oxygen atoms in total. The van der Waals surface area contributed by atoms with Crippen molar-refractivity contribution in [3.05, 3.63) is 12.3 Å². The summed E-state index contributed by atoms with van der Waals surface area (Å²) in [6.07, 6.45) is 6.11.